The predicted octanol–water partition coefficient (Wildman–Crippen LogP) is 5.33. The van der Waals surface area contributed by atoms with Crippen molar-refractivity contribution in [2.24, 2.45) is 0 Å². The van der Waals surface area contributed by atoms with E-state index >= 15 is 0 Å². The second kappa shape index (κ2) is 5.08. The number of nitrogens with zero attached hydrogens (tertiary/aromatic N) is 1. The van der Waals surface area contributed by atoms with Crippen LogP contribution in [0.2, 0.25) is 10.0 Å². The minimum atomic E-state index is 0.633. The van der Waals surface area contributed by atoms with E-state index in [1.165, 1.54) is 17.3 Å². The fourth-order valence-corrected chi connectivity index (χ4v) is 3.28. The van der Waals surface area contributed by atoms with Crippen LogP contribution in [0, 0.1) is 6.92 Å². The van der Waals surface area contributed by atoms with Gasteiger partial charge in [0, 0.05) is 0 Å². The quantitative estimate of drug-likeness (QED) is 0.693. The Kier molecular flexibility index (Phi) is 3.44. The van der Waals surface area contributed by atoms with E-state index in [1.807, 2.05) is 30.3 Å². The fourth-order valence-electron chi connectivity index (χ4n) is 1.83. The molecule has 0 radical (unpaired) electrons. The van der Waals surface area contributed by atoms with Gasteiger partial charge in [-0.3, -0.25) is 0 Å². The van der Waals surface area contributed by atoms with Crippen molar-refractivity contribution < 1.29 is 0 Å². The summed E-state index contributed by atoms with van der Waals surface area (Å²) in [6.45, 7) is 2.05. The highest BCUT2D eigenvalue weighted by atomic mass is 35.5. The van der Waals surface area contributed by atoms with E-state index in [0.717, 1.165) is 21.1 Å². The second-order valence-electron chi connectivity index (χ2n) is 4.22. The molecule has 2 nitrogen and oxygen atoms in total. The third-order valence-corrected chi connectivity index (χ3v) is 4.62. The lowest BCUT2D eigenvalue weighted by Gasteiger charge is -2.03. The number of aromatic amines is 1. The number of fused-ring (bicyclic) bond motifs is 1. The van der Waals surface area contributed by atoms with Crippen LogP contribution in [0.1, 0.15) is 5.56 Å². The third kappa shape index (κ3) is 2.59. The molecule has 0 aliphatic heterocycles. The van der Waals surface area contributed by atoms with Crippen molar-refractivity contribution in [3.63, 3.8) is 0 Å². The largest absolute Gasteiger partial charge is 0.333 e. The molecular weight excluding hydrogens is 299 g/mol. The molecule has 1 N–H and O–H groups in total. The molecule has 3 rings (SSSR count). The Morgan fingerprint density at radius 1 is 1.11 bits per heavy atom. The summed E-state index contributed by atoms with van der Waals surface area (Å²) >= 11 is 13.8. The van der Waals surface area contributed by atoms with Crippen LogP contribution in [-0.4, -0.2) is 9.97 Å². The molecule has 0 spiro atoms. The molecule has 0 amide bonds. The Hall–Kier alpha value is -1.16. The van der Waals surface area contributed by atoms with Gasteiger partial charge in [-0.2, -0.15) is 0 Å². The van der Waals surface area contributed by atoms with E-state index in [1.54, 1.807) is 0 Å². The summed E-state index contributed by atoms with van der Waals surface area (Å²) in [4.78, 5) is 8.62. The average molecular weight is 309 g/mol. The molecule has 0 aliphatic carbocycles. The first-order chi connectivity index (χ1) is 9.13. The standard InChI is InChI=1S/C14H10Cl2N2S/c1-8-5-6-11-12(7-8)18-14(17-11)19-13-9(15)3-2-4-10(13)16/h2-7H,1H3,(H,17,18). The van der Waals surface area contributed by atoms with Gasteiger partial charge in [-0.05, 0) is 48.5 Å². The van der Waals surface area contributed by atoms with Gasteiger partial charge in [-0.15, -0.1) is 0 Å². The van der Waals surface area contributed by atoms with Crippen molar-refractivity contribution >= 4 is 46.0 Å². The van der Waals surface area contributed by atoms with Crippen LogP contribution in [0.25, 0.3) is 11.0 Å². The zero-order chi connectivity index (χ0) is 13.4. The molecule has 0 saturated heterocycles. The van der Waals surface area contributed by atoms with E-state index < -0.39 is 0 Å². The number of aryl methyl sites for hydroxylation is 1. The summed E-state index contributed by atoms with van der Waals surface area (Å²) in [5.74, 6) is 0. The van der Waals surface area contributed by atoms with E-state index in [9.17, 15) is 0 Å². The van der Waals surface area contributed by atoms with Gasteiger partial charge in [0.15, 0.2) is 5.16 Å². The van der Waals surface area contributed by atoms with Crippen LogP contribution in [0.3, 0.4) is 0 Å². The molecular formula is C14H10Cl2N2S. The number of hydrogen-bond acceptors (Lipinski definition) is 2. The number of H-pyrrole nitrogens is 1. The number of hydrogen-bond donors (Lipinski definition) is 1. The first-order valence-corrected chi connectivity index (χ1v) is 7.29. The molecule has 1 heterocycles. The van der Waals surface area contributed by atoms with Crippen molar-refractivity contribution in [2.75, 3.05) is 0 Å². The SMILES string of the molecule is Cc1ccc2nc(Sc3c(Cl)cccc3Cl)[nH]c2c1. The smallest absolute Gasteiger partial charge is 0.171 e. The molecule has 0 unspecified atom stereocenters. The first-order valence-electron chi connectivity index (χ1n) is 5.72. The van der Waals surface area contributed by atoms with Crippen LogP contribution in [-0.2, 0) is 0 Å². The van der Waals surface area contributed by atoms with Crippen molar-refractivity contribution in [1.82, 2.24) is 9.97 Å². The van der Waals surface area contributed by atoms with Crippen LogP contribution in [0.5, 0.6) is 0 Å². The lowest BCUT2D eigenvalue weighted by molar-refractivity contribution is 1.08. The number of rotatable bonds is 2. The van der Waals surface area contributed by atoms with Gasteiger partial charge in [0.25, 0.3) is 0 Å². The minimum absolute atomic E-state index is 0.633. The summed E-state index contributed by atoms with van der Waals surface area (Å²) in [6, 6.07) is 11.6. The lowest BCUT2D eigenvalue weighted by Crippen LogP contribution is -1.79. The van der Waals surface area contributed by atoms with E-state index in [2.05, 4.69) is 23.0 Å². The normalized spacial score (nSPS) is 11.1. The molecule has 0 bridgehead atoms. The highest BCUT2D eigenvalue weighted by Crippen LogP contribution is 2.37. The van der Waals surface area contributed by atoms with E-state index in [4.69, 9.17) is 23.2 Å². The van der Waals surface area contributed by atoms with Gasteiger partial charge in [-0.1, -0.05) is 35.3 Å². The molecule has 0 atom stereocenters. The molecule has 0 aliphatic rings. The summed E-state index contributed by atoms with van der Waals surface area (Å²) in [7, 11) is 0. The maximum Gasteiger partial charge on any atom is 0.171 e. The third-order valence-electron chi connectivity index (χ3n) is 2.73. The highest BCUT2D eigenvalue weighted by molar-refractivity contribution is 7.99. The molecule has 2 aromatic carbocycles. The highest BCUT2D eigenvalue weighted by Gasteiger charge is 2.10. The molecule has 3 aromatic rings. The Labute approximate surface area is 125 Å². The lowest BCUT2D eigenvalue weighted by atomic mass is 10.2. The van der Waals surface area contributed by atoms with Crippen LogP contribution >= 0.6 is 35.0 Å². The van der Waals surface area contributed by atoms with Gasteiger partial charge in [0.1, 0.15) is 0 Å². The first kappa shape index (κ1) is 12.9. The van der Waals surface area contributed by atoms with Crippen molar-refractivity contribution in [2.45, 2.75) is 17.0 Å². The minimum Gasteiger partial charge on any atom is -0.333 e. The van der Waals surface area contributed by atoms with Gasteiger partial charge in [-0.25, -0.2) is 4.98 Å². The topological polar surface area (TPSA) is 28.7 Å². The molecule has 19 heavy (non-hydrogen) atoms. The Balaban J connectivity index is 2.01. The van der Waals surface area contributed by atoms with Crippen molar-refractivity contribution in [3.8, 4) is 0 Å². The Bertz CT molecular complexity index is 732. The average Bonchev–Trinajstić information content (AvgIpc) is 2.75. The zero-order valence-electron chi connectivity index (χ0n) is 10.1. The number of halogens is 2. The van der Waals surface area contributed by atoms with Gasteiger partial charge in [0.05, 0.1) is 26.0 Å². The zero-order valence-corrected chi connectivity index (χ0v) is 12.4. The van der Waals surface area contributed by atoms with Crippen molar-refractivity contribution in [1.29, 1.82) is 0 Å². The molecule has 96 valence electrons. The van der Waals surface area contributed by atoms with Crippen LogP contribution in [0.4, 0.5) is 0 Å². The predicted molar refractivity (Wildman–Crippen MR) is 81.4 cm³/mol. The molecule has 5 heteroatoms. The van der Waals surface area contributed by atoms with Crippen LogP contribution < -0.4 is 0 Å². The summed E-state index contributed by atoms with van der Waals surface area (Å²) < 4.78 is 0. The molecule has 1 aromatic heterocycles. The Morgan fingerprint density at radius 3 is 2.58 bits per heavy atom. The number of aromatic nitrogens is 2. The van der Waals surface area contributed by atoms with E-state index in [-0.39, 0.29) is 0 Å². The van der Waals surface area contributed by atoms with Crippen LogP contribution in [0.15, 0.2) is 46.5 Å². The van der Waals surface area contributed by atoms with Crippen molar-refractivity contribution in [3.05, 3.63) is 52.0 Å². The number of nitrogens with one attached hydrogen (secondary N) is 1. The van der Waals surface area contributed by atoms with Gasteiger partial charge in [0.2, 0.25) is 0 Å². The summed E-state index contributed by atoms with van der Waals surface area (Å²) in [5, 5.41) is 2.05. The maximum absolute atomic E-state index is 6.16. The fraction of sp³-hybridized carbons (Fsp3) is 0.0714. The van der Waals surface area contributed by atoms with Gasteiger partial charge >= 0.3 is 0 Å². The molecule has 0 saturated carbocycles. The Morgan fingerprint density at radius 2 is 1.84 bits per heavy atom. The summed E-state index contributed by atoms with van der Waals surface area (Å²) in [6.07, 6.45) is 0. The number of benzene rings is 2. The second-order valence-corrected chi connectivity index (χ2v) is 6.03. The monoisotopic (exact) mass is 308 g/mol. The number of imidazole rings is 1. The summed E-state index contributed by atoms with van der Waals surface area (Å²) in [5.41, 5.74) is 3.16. The van der Waals surface area contributed by atoms with E-state index in [0.29, 0.717) is 10.0 Å². The molecule has 0 fully saturated rings. The van der Waals surface area contributed by atoms with Gasteiger partial charge < -0.3 is 4.98 Å². The maximum atomic E-state index is 6.16.